The van der Waals surface area contributed by atoms with Gasteiger partial charge in [0.25, 0.3) is 10.0 Å². The predicted molar refractivity (Wildman–Crippen MR) is 77.1 cm³/mol. The number of methoxy groups -OCH3 is 1. The lowest BCUT2D eigenvalue weighted by atomic mass is 10.5. The van der Waals surface area contributed by atoms with Crippen LogP contribution in [0.15, 0.2) is 17.3 Å². The van der Waals surface area contributed by atoms with E-state index in [-0.39, 0.29) is 16.0 Å². The smallest absolute Gasteiger partial charge is 0.271 e. The first-order valence-electron chi connectivity index (χ1n) is 5.83. The first-order chi connectivity index (χ1) is 9.78. The molecule has 0 saturated heterocycles. The third-order valence-electron chi connectivity index (χ3n) is 2.85. The average Bonchev–Trinajstić information content (AvgIpc) is 2.71. The second-order valence-electron chi connectivity index (χ2n) is 4.22. The van der Waals surface area contributed by atoms with Gasteiger partial charge in [-0.25, -0.2) is 22.7 Å². The molecule has 2 aromatic heterocycles. The first kappa shape index (κ1) is 15.5. The van der Waals surface area contributed by atoms with Gasteiger partial charge in [0.15, 0.2) is 5.75 Å². The number of rotatable bonds is 4. The summed E-state index contributed by atoms with van der Waals surface area (Å²) in [4.78, 5) is 7.83. The summed E-state index contributed by atoms with van der Waals surface area (Å²) in [6.07, 6.45) is 2.76. The van der Waals surface area contributed by atoms with Crippen molar-refractivity contribution in [2.45, 2.75) is 11.8 Å². The van der Waals surface area contributed by atoms with E-state index < -0.39 is 10.0 Å². The molecule has 0 atom stereocenters. The minimum Gasteiger partial charge on any atom is -0.494 e. The second-order valence-corrected chi connectivity index (χ2v) is 6.49. The van der Waals surface area contributed by atoms with Crippen LogP contribution in [0.4, 0.5) is 5.95 Å². The number of ether oxygens (including phenoxy) is 1. The highest BCUT2D eigenvalue weighted by molar-refractivity contribution is 7.93. The normalized spacial score (nSPS) is 11.5. The highest BCUT2D eigenvalue weighted by Gasteiger charge is 2.30. The summed E-state index contributed by atoms with van der Waals surface area (Å²) in [6.45, 7) is 1.57. The van der Waals surface area contributed by atoms with Crippen molar-refractivity contribution in [3.8, 4) is 5.75 Å². The molecule has 8 nitrogen and oxygen atoms in total. The van der Waals surface area contributed by atoms with Gasteiger partial charge >= 0.3 is 0 Å². The summed E-state index contributed by atoms with van der Waals surface area (Å²) in [7, 11) is 0.485. The number of sulfonamides is 1. The Morgan fingerprint density at radius 3 is 2.33 bits per heavy atom. The lowest BCUT2D eigenvalue weighted by Crippen LogP contribution is -2.28. The number of aryl methyl sites for hydroxylation is 2. The monoisotopic (exact) mass is 331 g/mol. The maximum Gasteiger partial charge on any atom is 0.271 e. The topological polar surface area (TPSA) is 90.2 Å². The van der Waals surface area contributed by atoms with Gasteiger partial charge in [0, 0.05) is 14.1 Å². The van der Waals surface area contributed by atoms with Crippen LogP contribution in [-0.2, 0) is 17.1 Å². The average molecular weight is 332 g/mol. The van der Waals surface area contributed by atoms with Crippen molar-refractivity contribution in [3.05, 3.63) is 23.2 Å². The van der Waals surface area contributed by atoms with Crippen molar-refractivity contribution in [1.29, 1.82) is 0 Å². The summed E-state index contributed by atoms with van der Waals surface area (Å²) < 4.78 is 32.4. The molecule has 0 N–H and O–H groups in total. The van der Waals surface area contributed by atoms with E-state index in [9.17, 15) is 8.42 Å². The summed E-state index contributed by atoms with van der Waals surface area (Å²) in [5.41, 5.74) is 0.308. The van der Waals surface area contributed by atoms with Crippen molar-refractivity contribution in [3.63, 3.8) is 0 Å². The fraction of sp³-hybridized carbons (Fsp3) is 0.364. The number of halogens is 1. The molecular formula is C11H14ClN5O3S. The van der Waals surface area contributed by atoms with E-state index in [4.69, 9.17) is 16.3 Å². The van der Waals surface area contributed by atoms with Crippen molar-refractivity contribution >= 4 is 27.6 Å². The Balaban J connectivity index is 2.47. The van der Waals surface area contributed by atoms with Crippen LogP contribution in [0.3, 0.4) is 0 Å². The summed E-state index contributed by atoms with van der Waals surface area (Å²) >= 11 is 6.01. The molecule has 0 spiro atoms. The van der Waals surface area contributed by atoms with Crippen LogP contribution < -0.4 is 9.04 Å². The van der Waals surface area contributed by atoms with Gasteiger partial charge < -0.3 is 4.74 Å². The van der Waals surface area contributed by atoms with Crippen LogP contribution in [0.2, 0.25) is 5.15 Å². The van der Waals surface area contributed by atoms with Gasteiger partial charge in [-0.2, -0.15) is 5.10 Å². The van der Waals surface area contributed by atoms with E-state index >= 15 is 0 Å². The van der Waals surface area contributed by atoms with Crippen LogP contribution in [-0.4, -0.2) is 42.3 Å². The number of anilines is 1. The zero-order valence-corrected chi connectivity index (χ0v) is 13.5. The maximum absolute atomic E-state index is 12.6. The summed E-state index contributed by atoms with van der Waals surface area (Å²) in [6, 6.07) is 0. The molecule has 2 rings (SSSR count). The zero-order chi connectivity index (χ0) is 15.8. The van der Waals surface area contributed by atoms with Gasteiger partial charge in [0.2, 0.25) is 5.95 Å². The molecule has 0 amide bonds. The summed E-state index contributed by atoms with van der Waals surface area (Å²) in [5, 5.41) is 4.03. The van der Waals surface area contributed by atoms with E-state index in [2.05, 4.69) is 15.1 Å². The van der Waals surface area contributed by atoms with Gasteiger partial charge in [0.1, 0.15) is 10.0 Å². The van der Waals surface area contributed by atoms with Crippen LogP contribution in [0, 0.1) is 6.92 Å². The highest BCUT2D eigenvalue weighted by Crippen LogP contribution is 2.28. The van der Waals surface area contributed by atoms with E-state index in [0.29, 0.717) is 11.4 Å². The second kappa shape index (κ2) is 5.49. The first-order valence-corrected chi connectivity index (χ1v) is 7.65. The van der Waals surface area contributed by atoms with E-state index in [1.807, 2.05) is 0 Å². The zero-order valence-electron chi connectivity index (χ0n) is 11.9. The molecule has 0 fully saturated rings. The Bertz CT molecular complexity index is 757. The molecule has 2 heterocycles. The van der Waals surface area contributed by atoms with Crippen LogP contribution in [0.1, 0.15) is 5.69 Å². The standard InChI is InChI=1S/C11H14ClN5O3S/c1-7-9(10(12)16(2)15-7)21(18,19)17(3)11-13-5-8(20-4)6-14-11/h5-6H,1-4H3. The molecule has 2 aromatic rings. The predicted octanol–water partition coefficient (Wildman–Crippen LogP) is 1.01. The summed E-state index contributed by atoms with van der Waals surface area (Å²) in [5.74, 6) is 0.440. The molecule has 0 unspecified atom stereocenters. The van der Waals surface area contributed by atoms with E-state index in [0.717, 1.165) is 4.31 Å². The number of aromatic nitrogens is 4. The minimum atomic E-state index is -3.90. The van der Waals surface area contributed by atoms with E-state index in [1.54, 1.807) is 14.0 Å². The molecular weight excluding hydrogens is 318 g/mol. The molecule has 10 heteroatoms. The molecule has 0 aliphatic heterocycles. The van der Waals surface area contributed by atoms with Crippen molar-refractivity contribution in [1.82, 2.24) is 19.7 Å². The van der Waals surface area contributed by atoms with Crippen LogP contribution >= 0.6 is 11.6 Å². The van der Waals surface area contributed by atoms with Gasteiger partial charge in [-0.1, -0.05) is 11.6 Å². The van der Waals surface area contributed by atoms with Gasteiger partial charge in [-0.3, -0.25) is 4.68 Å². The molecule has 0 aromatic carbocycles. The fourth-order valence-electron chi connectivity index (χ4n) is 1.73. The molecule has 21 heavy (non-hydrogen) atoms. The number of nitrogens with zero attached hydrogens (tertiary/aromatic N) is 5. The van der Waals surface area contributed by atoms with Gasteiger partial charge in [-0.05, 0) is 6.92 Å². The Labute approximate surface area is 127 Å². The quantitative estimate of drug-likeness (QED) is 0.830. The minimum absolute atomic E-state index is 0.00937. The third kappa shape index (κ3) is 2.66. The highest BCUT2D eigenvalue weighted by atomic mass is 35.5. The molecule has 0 bridgehead atoms. The molecule has 0 aliphatic rings. The largest absolute Gasteiger partial charge is 0.494 e. The lowest BCUT2D eigenvalue weighted by molar-refractivity contribution is 0.411. The molecule has 114 valence electrons. The molecule has 0 aliphatic carbocycles. The molecule has 0 saturated carbocycles. The van der Waals surface area contributed by atoms with Crippen molar-refractivity contribution < 1.29 is 13.2 Å². The number of hydrogen-bond donors (Lipinski definition) is 0. The fourth-order valence-corrected chi connectivity index (χ4v) is 3.53. The van der Waals surface area contributed by atoms with Crippen LogP contribution in [0.25, 0.3) is 0 Å². The van der Waals surface area contributed by atoms with Crippen LogP contribution in [0.5, 0.6) is 5.75 Å². The third-order valence-corrected chi connectivity index (χ3v) is 5.29. The van der Waals surface area contributed by atoms with Gasteiger partial charge in [-0.15, -0.1) is 0 Å². The lowest BCUT2D eigenvalue weighted by Gasteiger charge is -2.17. The molecule has 0 radical (unpaired) electrons. The Morgan fingerprint density at radius 1 is 1.33 bits per heavy atom. The maximum atomic E-state index is 12.6. The Hall–Kier alpha value is -1.87. The van der Waals surface area contributed by atoms with Gasteiger partial charge in [0.05, 0.1) is 25.2 Å². The number of hydrogen-bond acceptors (Lipinski definition) is 6. The van der Waals surface area contributed by atoms with Crippen molar-refractivity contribution in [2.75, 3.05) is 18.5 Å². The Kier molecular flexibility index (Phi) is 4.06. The Morgan fingerprint density at radius 2 is 1.90 bits per heavy atom. The SMILES string of the molecule is COc1cnc(N(C)S(=O)(=O)c2c(C)nn(C)c2Cl)nc1. The van der Waals surface area contributed by atoms with E-state index in [1.165, 1.54) is 31.2 Å². The van der Waals surface area contributed by atoms with Crippen molar-refractivity contribution in [2.24, 2.45) is 7.05 Å².